The largest absolute Gasteiger partial charge is 0.489 e. The first-order valence-corrected chi connectivity index (χ1v) is 12.6. The third-order valence-electron chi connectivity index (χ3n) is 6.86. The third-order valence-corrected chi connectivity index (χ3v) is 7.41. The molecule has 4 nitrogen and oxygen atoms in total. The lowest BCUT2D eigenvalue weighted by molar-refractivity contribution is 0.0897. The van der Waals surface area contributed by atoms with Gasteiger partial charge in [-0.05, 0) is 99.9 Å². The zero-order valence-corrected chi connectivity index (χ0v) is 20.3. The Hall–Kier alpha value is -1.82. The highest BCUT2D eigenvalue weighted by molar-refractivity contribution is 6.32. The van der Waals surface area contributed by atoms with Gasteiger partial charge in [0.05, 0.1) is 5.02 Å². The minimum Gasteiger partial charge on any atom is -0.489 e. The summed E-state index contributed by atoms with van der Waals surface area (Å²) in [5.41, 5.74) is 0.663. The Morgan fingerprint density at radius 3 is 2.36 bits per heavy atom. The molecular formula is C26H31Cl2FN2O2. The summed E-state index contributed by atoms with van der Waals surface area (Å²) in [6.45, 7) is 3.13. The molecule has 2 aromatic carbocycles. The number of nitrogens with zero attached hydrogens (tertiary/aromatic N) is 1. The van der Waals surface area contributed by atoms with Crippen LogP contribution in [0, 0.1) is 11.7 Å². The van der Waals surface area contributed by atoms with Crippen molar-refractivity contribution in [3.8, 4) is 5.75 Å². The van der Waals surface area contributed by atoms with Gasteiger partial charge in [0, 0.05) is 29.7 Å². The van der Waals surface area contributed by atoms with E-state index in [1.54, 1.807) is 30.3 Å². The van der Waals surface area contributed by atoms with Gasteiger partial charge in [-0.1, -0.05) is 23.2 Å². The Morgan fingerprint density at radius 1 is 1.00 bits per heavy atom. The van der Waals surface area contributed by atoms with E-state index in [2.05, 4.69) is 10.2 Å². The number of benzene rings is 2. The van der Waals surface area contributed by atoms with Crippen molar-refractivity contribution in [3.63, 3.8) is 0 Å². The lowest BCUT2D eigenvalue weighted by Gasteiger charge is -2.34. The standard InChI is InChI=1S/C26H31Cl2FN2O2/c27-20-5-3-19(4-6-20)26(32)30-22-8-1-18(2-9-22)11-14-31-15-12-23(13-16-31)33-25-10-7-21(29)17-24(25)28/h3-7,10,17-18,22-23H,1-2,8-9,11-16H2,(H,30,32). The van der Waals surface area contributed by atoms with E-state index in [0.29, 0.717) is 21.4 Å². The van der Waals surface area contributed by atoms with Gasteiger partial charge in [-0.3, -0.25) is 4.79 Å². The average Bonchev–Trinajstić information content (AvgIpc) is 2.82. The Balaban J connectivity index is 1.12. The van der Waals surface area contributed by atoms with Crippen LogP contribution in [0.25, 0.3) is 0 Å². The lowest BCUT2D eigenvalue weighted by atomic mass is 9.84. The molecule has 1 aliphatic heterocycles. The highest BCUT2D eigenvalue weighted by atomic mass is 35.5. The van der Waals surface area contributed by atoms with Crippen LogP contribution in [0.4, 0.5) is 4.39 Å². The van der Waals surface area contributed by atoms with E-state index in [0.717, 1.165) is 64.1 Å². The molecule has 178 valence electrons. The van der Waals surface area contributed by atoms with Crippen LogP contribution in [0.15, 0.2) is 42.5 Å². The van der Waals surface area contributed by atoms with Crippen molar-refractivity contribution < 1.29 is 13.9 Å². The average molecular weight is 493 g/mol. The van der Waals surface area contributed by atoms with Gasteiger partial charge in [-0.2, -0.15) is 0 Å². The number of carbonyl (C=O) groups excluding carboxylic acids is 1. The summed E-state index contributed by atoms with van der Waals surface area (Å²) in [7, 11) is 0. The number of halogens is 3. The maximum absolute atomic E-state index is 13.2. The number of rotatable bonds is 7. The Kier molecular flexibility index (Phi) is 8.50. The van der Waals surface area contributed by atoms with Crippen LogP contribution in [0.2, 0.25) is 10.0 Å². The molecule has 1 aliphatic carbocycles. The van der Waals surface area contributed by atoms with Crippen molar-refractivity contribution in [2.24, 2.45) is 5.92 Å². The van der Waals surface area contributed by atoms with Crippen LogP contribution >= 0.6 is 23.2 Å². The molecule has 1 heterocycles. The van der Waals surface area contributed by atoms with Gasteiger partial charge in [-0.25, -0.2) is 4.39 Å². The van der Waals surface area contributed by atoms with Gasteiger partial charge in [0.15, 0.2) is 0 Å². The second-order valence-corrected chi connectivity index (χ2v) is 10.1. The van der Waals surface area contributed by atoms with E-state index < -0.39 is 0 Å². The fourth-order valence-electron chi connectivity index (χ4n) is 4.83. The molecule has 4 rings (SSSR count). The third kappa shape index (κ3) is 7.08. The molecular weight excluding hydrogens is 462 g/mol. The van der Waals surface area contributed by atoms with E-state index >= 15 is 0 Å². The lowest BCUT2D eigenvalue weighted by Crippen LogP contribution is -2.40. The van der Waals surface area contributed by atoms with Crippen LogP contribution in [0.3, 0.4) is 0 Å². The highest BCUT2D eigenvalue weighted by Gasteiger charge is 2.25. The van der Waals surface area contributed by atoms with Gasteiger partial charge in [0.1, 0.15) is 17.7 Å². The van der Waals surface area contributed by atoms with Crippen molar-refractivity contribution in [2.45, 2.75) is 57.1 Å². The van der Waals surface area contributed by atoms with Crippen LogP contribution in [-0.4, -0.2) is 42.6 Å². The number of likely N-dealkylation sites (tertiary alicyclic amines) is 1. The molecule has 1 N–H and O–H groups in total. The van der Waals surface area contributed by atoms with Gasteiger partial charge in [-0.15, -0.1) is 0 Å². The smallest absolute Gasteiger partial charge is 0.251 e. The van der Waals surface area contributed by atoms with Gasteiger partial charge in [0.2, 0.25) is 0 Å². The summed E-state index contributed by atoms with van der Waals surface area (Å²) >= 11 is 12.0. The molecule has 2 aromatic rings. The Bertz CT molecular complexity index is 924. The second kappa shape index (κ2) is 11.5. The van der Waals surface area contributed by atoms with Crippen LogP contribution < -0.4 is 10.1 Å². The monoisotopic (exact) mass is 492 g/mol. The molecule has 0 bridgehead atoms. The van der Waals surface area contributed by atoms with E-state index in [1.807, 2.05) is 0 Å². The molecule has 0 spiro atoms. The van der Waals surface area contributed by atoms with Gasteiger partial charge >= 0.3 is 0 Å². The first-order valence-electron chi connectivity index (χ1n) is 11.9. The van der Waals surface area contributed by atoms with Crippen LogP contribution in [0.1, 0.15) is 55.3 Å². The van der Waals surface area contributed by atoms with Crippen molar-refractivity contribution in [3.05, 3.63) is 63.9 Å². The topological polar surface area (TPSA) is 41.6 Å². The minimum absolute atomic E-state index is 0.0119. The quantitative estimate of drug-likeness (QED) is 0.489. The summed E-state index contributed by atoms with van der Waals surface area (Å²) in [6, 6.07) is 11.6. The summed E-state index contributed by atoms with van der Waals surface area (Å²) in [5.74, 6) is 0.930. The second-order valence-electron chi connectivity index (χ2n) is 9.22. The zero-order chi connectivity index (χ0) is 23.2. The molecule has 2 fully saturated rings. The van der Waals surface area contributed by atoms with E-state index in [4.69, 9.17) is 27.9 Å². The number of hydrogen-bond donors (Lipinski definition) is 1. The first-order chi connectivity index (χ1) is 16.0. The minimum atomic E-state index is -0.347. The van der Waals surface area contributed by atoms with Crippen molar-refractivity contribution >= 4 is 29.1 Å². The van der Waals surface area contributed by atoms with Crippen molar-refractivity contribution in [2.75, 3.05) is 19.6 Å². The number of piperidine rings is 1. The summed E-state index contributed by atoms with van der Waals surface area (Å²) in [5, 5.41) is 4.15. The van der Waals surface area contributed by atoms with Crippen molar-refractivity contribution in [1.82, 2.24) is 10.2 Å². The predicted octanol–water partition coefficient (Wildman–Crippen LogP) is 6.35. The van der Waals surface area contributed by atoms with Crippen LogP contribution in [-0.2, 0) is 0 Å². The fraction of sp³-hybridized carbons (Fsp3) is 0.500. The van der Waals surface area contributed by atoms with Crippen molar-refractivity contribution in [1.29, 1.82) is 0 Å². The number of hydrogen-bond acceptors (Lipinski definition) is 3. The molecule has 1 saturated heterocycles. The predicted molar refractivity (Wildman–Crippen MR) is 131 cm³/mol. The van der Waals surface area contributed by atoms with E-state index in [-0.39, 0.29) is 23.9 Å². The number of ether oxygens (including phenoxy) is 1. The number of nitrogens with one attached hydrogen (secondary N) is 1. The molecule has 0 unspecified atom stereocenters. The normalized spacial score (nSPS) is 22.2. The Morgan fingerprint density at radius 2 is 1.70 bits per heavy atom. The molecule has 0 aromatic heterocycles. The fourth-order valence-corrected chi connectivity index (χ4v) is 5.17. The highest BCUT2D eigenvalue weighted by Crippen LogP contribution is 2.30. The zero-order valence-electron chi connectivity index (χ0n) is 18.7. The number of carbonyl (C=O) groups is 1. The summed E-state index contributed by atoms with van der Waals surface area (Å²) in [6.07, 6.45) is 7.64. The molecule has 33 heavy (non-hydrogen) atoms. The van der Waals surface area contributed by atoms with Crippen LogP contribution in [0.5, 0.6) is 5.75 Å². The maximum Gasteiger partial charge on any atom is 0.251 e. The van der Waals surface area contributed by atoms with E-state index in [9.17, 15) is 9.18 Å². The van der Waals surface area contributed by atoms with Gasteiger partial charge < -0.3 is 15.0 Å². The number of amides is 1. The summed E-state index contributed by atoms with van der Waals surface area (Å²) in [4.78, 5) is 14.9. The molecule has 7 heteroatoms. The molecule has 1 amide bonds. The molecule has 1 saturated carbocycles. The Labute approximate surface area is 205 Å². The first kappa shape index (κ1) is 24.3. The van der Waals surface area contributed by atoms with Gasteiger partial charge in [0.25, 0.3) is 5.91 Å². The van der Waals surface area contributed by atoms with E-state index in [1.165, 1.54) is 18.6 Å². The molecule has 0 radical (unpaired) electrons. The molecule has 0 atom stereocenters. The SMILES string of the molecule is O=C(NC1CCC(CCN2CCC(Oc3ccc(F)cc3Cl)CC2)CC1)c1ccc(Cl)cc1. The maximum atomic E-state index is 13.2. The summed E-state index contributed by atoms with van der Waals surface area (Å²) < 4.78 is 19.2. The molecule has 2 aliphatic rings.